The second-order valence-corrected chi connectivity index (χ2v) is 8.29. The molecule has 0 bridgehead atoms. The number of amides is 1. The molecule has 0 radical (unpaired) electrons. The van der Waals surface area contributed by atoms with E-state index in [1.54, 1.807) is 30.2 Å². The minimum Gasteiger partial charge on any atom is -0.338 e. The summed E-state index contributed by atoms with van der Waals surface area (Å²) in [6.45, 7) is 2.43. The lowest BCUT2D eigenvalue weighted by molar-refractivity contribution is 0.0765. The first-order valence-electron chi connectivity index (χ1n) is 7.96. The Hall–Kier alpha value is -2.21. The largest absolute Gasteiger partial charge is 0.338 e. The van der Waals surface area contributed by atoms with E-state index in [9.17, 15) is 13.2 Å². The Labute approximate surface area is 142 Å². The van der Waals surface area contributed by atoms with Crippen LogP contribution in [-0.4, -0.2) is 43.1 Å². The van der Waals surface area contributed by atoms with Gasteiger partial charge in [0.2, 0.25) is 0 Å². The molecule has 24 heavy (non-hydrogen) atoms. The fourth-order valence-corrected chi connectivity index (χ4v) is 4.87. The molecule has 1 aromatic carbocycles. The highest BCUT2D eigenvalue weighted by molar-refractivity contribution is 7.91. The number of benzene rings is 1. The van der Waals surface area contributed by atoms with Crippen molar-refractivity contribution in [2.45, 2.75) is 18.6 Å². The maximum atomic E-state index is 12.7. The molecule has 1 aliphatic heterocycles. The molecular formula is C18H20N2O3S. The van der Waals surface area contributed by atoms with Gasteiger partial charge in [-0.25, -0.2) is 8.42 Å². The molecule has 2 aromatic rings. The molecule has 0 aliphatic carbocycles. The number of rotatable bonds is 2. The minimum atomic E-state index is -3.28. The van der Waals surface area contributed by atoms with Crippen molar-refractivity contribution < 1.29 is 13.2 Å². The summed E-state index contributed by atoms with van der Waals surface area (Å²) in [7, 11) is -3.28. The molecular weight excluding hydrogens is 324 g/mol. The molecule has 1 amide bonds. The quantitative estimate of drug-likeness (QED) is 0.839. The maximum Gasteiger partial charge on any atom is 0.255 e. The highest BCUT2D eigenvalue weighted by atomic mass is 32.2. The van der Waals surface area contributed by atoms with E-state index in [1.807, 2.05) is 30.3 Å². The number of hydrogen-bond donors (Lipinski definition) is 0. The zero-order valence-electron chi connectivity index (χ0n) is 13.6. The molecule has 0 N–H and O–H groups in total. The third-order valence-corrected chi connectivity index (χ3v) is 6.56. The van der Waals surface area contributed by atoms with E-state index in [0.717, 1.165) is 5.56 Å². The summed E-state index contributed by atoms with van der Waals surface area (Å²) >= 11 is 0. The van der Waals surface area contributed by atoms with Gasteiger partial charge in [-0.05, 0) is 31.0 Å². The Balaban J connectivity index is 1.84. The molecule has 1 atom stereocenters. The van der Waals surface area contributed by atoms with Crippen LogP contribution in [0.3, 0.4) is 0 Å². The second kappa shape index (κ2) is 6.73. The molecule has 126 valence electrons. The fourth-order valence-electron chi connectivity index (χ4n) is 3.07. The van der Waals surface area contributed by atoms with Crippen molar-refractivity contribution in [1.82, 2.24) is 9.88 Å². The average Bonchev–Trinajstić information content (AvgIpc) is 2.74. The lowest BCUT2D eigenvalue weighted by Gasteiger charge is -2.20. The van der Waals surface area contributed by atoms with Gasteiger partial charge in [-0.15, -0.1) is 0 Å². The molecule has 1 aromatic heterocycles. The summed E-state index contributed by atoms with van der Waals surface area (Å²) in [5, 5.41) is -0.550. The molecule has 2 heterocycles. The highest BCUT2D eigenvalue weighted by Gasteiger charge is 2.33. The number of sulfone groups is 1. The molecule has 0 saturated carbocycles. The predicted molar refractivity (Wildman–Crippen MR) is 92.5 cm³/mol. The monoisotopic (exact) mass is 344 g/mol. The van der Waals surface area contributed by atoms with Crippen LogP contribution in [0.5, 0.6) is 0 Å². The van der Waals surface area contributed by atoms with Crippen LogP contribution < -0.4 is 0 Å². The third kappa shape index (κ3) is 3.33. The van der Waals surface area contributed by atoms with E-state index in [2.05, 4.69) is 4.98 Å². The van der Waals surface area contributed by atoms with Crippen LogP contribution in [0.15, 0.2) is 48.7 Å². The van der Waals surface area contributed by atoms with E-state index in [4.69, 9.17) is 0 Å². The first-order valence-corrected chi connectivity index (χ1v) is 9.68. The number of hydrogen-bond acceptors (Lipinski definition) is 4. The SMILES string of the molecule is Cc1ncccc1C(=O)N1CC[C@@H](c2ccccc2)S(=O)(=O)CC1. The van der Waals surface area contributed by atoms with Gasteiger partial charge in [-0.2, -0.15) is 0 Å². The number of pyridine rings is 1. The average molecular weight is 344 g/mol. The van der Waals surface area contributed by atoms with E-state index in [-0.39, 0.29) is 18.2 Å². The number of carbonyl (C=O) groups is 1. The van der Waals surface area contributed by atoms with Crippen molar-refractivity contribution >= 4 is 15.7 Å². The zero-order chi connectivity index (χ0) is 17.2. The lowest BCUT2D eigenvalue weighted by atomic mass is 10.1. The smallest absolute Gasteiger partial charge is 0.255 e. The first kappa shape index (κ1) is 16.6. The fraction of sp³-hybridized carbons (Fsp3) is 0.333. The summed E-state index contributed by atoms with van der Waals surface area (Å²) in [5.74, 6) is -0.165. The molecule has 5 nitrogen and oxygen atoms in total. The van der Waals surface area contributed by atoms with Crippen LogP contribution in [0.1, 0.15) is 33.3 Å². The summed E-state index contributed by atoms with van der Waals surface area (Å²) < 4.78 is 25.2. The Kier molecular flexibility index (Phi) is 4.66. The van der Waals surface area contributed by atoms with Gasteiger partial charge in [0.25, 0.3) is 5.91 Å². The number of aryl methyl sites for hydroxylation is 1. The number of nitrogens with zero attached hydrogens (tertiary/aromatic N) is 2. The van der Waals surface area contributed by atoms with Gasteiger partial charge in [-0.1, -0.05) is 30.3 Å². The van der Waals surface area contributed by atoms with Crippen molar-refractivity contribution in [3.05, 3.63) is 65.5 Å². The van der Waals surface area contributed by atoms with Crippen LogP contribution in [0, 0.1) is 6.92 Å². The van der Waals surface area contributed by atoms with E-state index in [1.165, 1.54) is 0 Å². The Morgan fingerprint density at radius 1 is 1.12 bits per heavy atom. The first-order chi connectivity index (χ1) is 11.5. The van der Waals surface area contributed by atoms with E-state index >= 15 is 0 Å². The standard InChI is InChI=1S/C18H20N2O3S/c1-14-16(8-5-10-19-14)18(21)20-11-9-17(24(22,23)13-12-20)15-6-3-2-4-7-15/h2-8,10,17H,9,11-13H2,1H3/t17-/m0/s1. The van der Waals surface area contributed by atoms with Gasteiger partial charge in [0.05, 0.1) is 16.6 Å². The van der Waals surface area contributed by atoms with Crippen molar-refractivity contribution in [1.29, 1.82) is 0 Å². The van der Waals surface area contributed by atoms with Gasteiger partial charge < -0.3 is 4.90 Å². The molecule has 1 fully saturated rings. The van der Waals surface area contributed by atoms with Gasteiger partial charge >= 0.3 is 0 Å². The zero-order valence-corrected chi connectivity index (χ0v) is 14.4. The summed E-state index contributed by atoms with van der Waals surface area (Å²) in [6, 6.07) is 12.7. The molecule has 0 unspecified atom stereocenters. The molecule has 1 aliphatic rings. The normalized spacial score (nSPS) is 20.4. The second-order valence-electron chi connectivity index (χ2n) is 5.98. The highest BCUT2D eigenvalue weighted by Crippen LogP contribution is 2.29. The maximum absolute atomic E-state index is 12.7. The molecule has 6 heteroatoms. The topological polar surface area (TPSA) is 67.3 Å². The molecule has 1 saturated heterocycles. The number of carbonyl (C=O) groups excluding carboxylic acids is 1. The van der Waals surface area contributed by atoms with Crippen molar-refractivity contribution in [2.75, 3.05) is 18.8 Å². The molecule has 3 rings (SSSR count). The van der Waals surface area contributed by atoms with Crippen LogP contribution in [0.2, 0.25) is 0 Å². The Bertz CT molecular complexity index is 834. The molecule has 0 spiro atoms. The Morgan fingerprint density at radius 2 is 1.88 bits per heavy atom. The van der Waals surface area contributed by atoms with Gasteiger partial charge in [0.1, 0.15) is 0 Å². The summed E-state index contributed by atoms with van der Waals surface area (Å²) in [6.07, 6.45) is 2.06. The van der Waals surface area contributed by atoms with Crippen LogP contribution in [0.4, 0.5) is 0 Å². The third-order valence-electron chi connectivity index (χ3n) is 4.44. The predicted octanol–water partition coefficient (Wildman–Crippen LogP) is 2.39. The van der Waals surface area contributed by atoms with E-state index < -0.39 is 15.1 Å². The van der Waals surface area contributed by atoms with Gasteiger partial charge in [0, 0.05) is 25.0 Å². The number of aromatic nitrogens is 1. The lowest BCUT2D eigenvalue weighted by Crippen LogP contribution is -2.34. The minimum absolute atomic E-state index is 0.0163. The van der Waals surface area contributed by atoms with Gasteiger partial charge in [0.15, 0.2) is 9.84 Å². The van der Waals surface area contributed by atoms with Crippen LogP contribution >= 0.6 is 0 Å². The summed E-state index contributed by atoms with van der Waals surface area (Å²) in [4.78, 5) is 18.5. The van der Waals surface area contributed by atoms with Crippen molar-refractivity contribution in [3.8, 4) is 0 Å². The van der Waals surface area contributed by atoms with Crippen molar-refractivity contribution in [3.63, 3.8) is 0 Å². The van der Waals surface area contributed by atoms with Crippen LogP contribution in [0.25, 0.3) is 0 Å². The Morgan fingerprint density at radius 3 is 2.58 bits per heavy atom. The summed E-state index contributed by atoms with van der Waals surface area (Å²) in [5.41, 5.74) is 1.99. The van der Waals surface area contributed by atoms with Crippen LogP contribution in [-0.2, 0) is 9.84 Å². The van der Waals surface area contributed by atoms with E-state index in [0.29, 0.717) is 24.2 Å². The van der Waals surface area contributed by atoms with Crippen molar-refractivity contribution in [2.24, 2.45) is 0 Å². The van der Waals surface area contributed by atoms with Gasteiger partial charge in [-0.3, -0.25) is 9.78 Å².